The molecule has 0 saturated carbocycles. The number of hydrogen-bond donors (Lipinski definition) is 1. The summed E-state index contributed by atoms with van der Waals surface area (Å²) in [5, 5.41) is 0. The minimum Gasteiger partial charge on any atom is -0.336 e. The van der Waals surface area contributed by atoms with Gasteiger partial charge in [-0.25, -0.2) is 8.78 Å². The van der Waals surface area contributed by atoms with E-state index in [-0.39, 0.29) is 24.9 Å². The number of amides is 1. The van der Waals surface area contributed by atoms with Crippen LogP contribution in [0.25, 0.3) is 0 Å². The Hall–Kier alpha value is -1.24. The Morgan fingerprint density at radius 1 is 1.24 bits per heavy atom. The standard InChI is InChI=1S/C14H21F2N3O.ClH/c1-10(17)14(20)19(7-6-18(2)3)9-11-4-5-12(15)13(16)8-11;/h4-5,8,10H,6-7,9,17H2,1-3H3;1H/t10-;/m1./s1. The largest absolute Gasteiger partial charge is 0.336 e. The van der Waals surface area contributed by atoms with Gasteiger partial charge in [-0.3, -0.25) is 4.79 Å². The molecule has 7 heteroatoms. The lowest BCUT2D eigenvalue weighted by Gasteiger charge is -2.26. The summed E-state index contributed by atoms with van der Waals surface area (Å²) >= 11 is 0. The van der Waals surface area contributed by atoms with Gasteiger partial charge in [0.15, 0.2) is 11.6 Å². The van der Waals surface area contributed by atoms with Gasteiger partial charge in [-0.1, -0.05) is 6.07 Å². The second-order valence-corrected chi connectivity index (χ2v) is 5.10. The number of benzene rings is 1. The summed E-state index contributed by atoms with van der Waals surface area (Å²) in [5.74, 6) is -2.02. The van der Waals surface area contributed by atoms with Gasteiger partial charge in [0.2, 0.25) is 5.91 Å². The Kier molecular flexibility index (Phi) is 8.39. The molecule has 0 aliphatic heterocycles. The van der Waals surface area contributed by atoms with E-state index in [1.807, 2.05) is 19.0 Å². The molecule has 0 saturated heterocycles. The topological polar surface area (TPSA) is 49.6 Å². The van der Waals surface area contributed by atoms with Gasteiger partial charge >= 0.3 is 0 Å². The molecule has 120 valence electrons. The number of hydrogen-bond acceptors (Lipinski definition) is 3. The highest BCUT2D eigenvalue weighted by Crippen LogP contribution is 2.11. The van der Waals surface area contributed by atoms with E-state index >= 15 is 0 Å². The minimum atomic E-state index is -0.914. The van der Waals surface area contributed by atoms with Crippen molar-refractivity contribution in [3.8, 4) is 0 Å². The van der Waals surface area contributed by atoms with E-state index in [4.69, 9.17) is 5.73 Å². The molecule has 21 heavy (non-hydrogen) atoms. The Morgan fingerprint density at radius 2 is 1.86 bits per heavy atom. The van der Waals surface area contributed by atoms with Gasteiger partial charge in [-0.15, -0.1) is 12.4 Å². The summed E-state index contributed by atoms with van der Waals surface area (Å²) in [4.78, 5) is 15.5. The SMILES string of the molecule is C[C@@H](N)C(=O)N(CCN(C)C)Cc1ccc(F)c(F)c1.Cl. The summed E-state index contributed by atoms with van der Waals surface area (Å²) in [6.07, 6.45) is 0. The third-order valence-electron chi connectivity index (χ3n) is 2.88. The summed E-state index contributed by atoms with van der Waals surface area (Å²) in [6.45, 7) is 2.97. The van der Waals surface area contributed by atoms with Crippen LogP contribution in [-0.4, -0.2) is 48.9 Å². The Balaban J connectivity index is 0.00000400. The minimum absolute atomic E-state index is 0. The zero-order valence-electron chi connectivity index (χ0n) is 12.5. The van der Waals surface area contributed by atoms with Crippen LogP contribution < -0.4 is 5.73 Å². The van der Waals surface area contributed by atoms with Crippen LogP contribution in [-0.2, 0) is 11.3 Å². The number of carbonyl (C=O) groups excluding carboxylic acids is 1. The molecular weight excluding hydrogens is 300 g/mol. The average molecular weight is 322 g/mol. The van der Waals surface area contributed by atoms with Crippen molar-refractivity contribution < 1.29 is 13.6 Å². The van der Waals surface area contributed by atoms with Gasteiger partial charge in [0, 0.05) is 19.6 Å². The normalized spacial score (nSPS) is 12.0. The van der Waals surface area contributed by atoms with Crippen molar-refractivity contribution >= 4 is 18.3 Å². The second kappa shape index (κ2) is 8.92. The smallest absolute Gasteiger partial charge is 0.239 e. The number of halogens is 3. The molecule has 1 rings (SSSR count). The highest BCUT2D eigenvalue weighted by molar-refractivity contribution is 5.85. The molecule has 0 bridgehead atoms. The van der Waals surface area contributed by atoms with Gasteiger partial charge in [0.25, 0.3) is 0 Å². The molecular formula is C14H22ClF2N3O. The molecule has 0 heterocycles. The fourth-order valence-electron chi connectivity index (χ4n) is 1.73. The van der Waals surface area contributed by atoms with E-state index in [1.54, 1.807) is 11.8 Å². The van der Waals surface area contributed by atoms with Crippen molar-refractivity contribution in [3.05, 3.63) is 35.4 Å². The van der Waals surface area contributed by atoms with Gasteiger partial charge in [-0.2, -0.15) is 0 Å². The van der Waals surface area contributed by atoms with Crippen molar-refractivity contribution in [2.75, 3.05) is 27.2 Å². The van der Waals surface area contributed by atoms with Crippen molar-refractivity contribution in [1.29, 1.82) is 0 Å². The first-order valence-electron chi connectivity index (χ1n) is 6.44. The summed E-state index contributed by atoms with van der Waals surface area (Å²) in [7, 11) is 3.79. The van der Waals surface area contributed by atoms with E-state index < -0.39 is 17.7 Å². The van der Waals surface area contributed by atoms with Crippen LogP contribution in [0, 0.1) is 11.6 Å². The molecule has 0 unspecified atom stereocenters. The number of rotatable bonds is 6. The lowest BCUT2D eigenvalue weighted by Crippen LogP contribution is -2.44. The fraction of sp³-hybridized carbons (Fsp3) is 0.500. The first-order valence-corrected chi connectivity index (χ1v) is 6.44. The first-order chi connectivity index (χ1) is 9.31. The third kappa shape index (κ3) is 6.37. The Labute approximate surface area is 130 Å². The molecule has 1 amide bonds. The second-order valence-electron chi connectivity index (χ2n) is 5.10. The Bertz CT molecular complexity index is 470. The molecule has 0 spiro atoms. The molecule has 0 aromatic heterocycles. The van der Waals surface area contributed by atoms with Crippen molar-refractivity contribution in [2.24, 2.45) is 5.73 Å². The van der Waals surface area contributed by atoms with Gasteiger partial charge < -0.3 is 15.5 Å². The third-order valence-corrected chi connectivity index (χ3v) is 2.88. The molecule has 2 N–H and O–H groups in total. The van der Waals surface area contributed by atoms with Gasteiger partial charge in [0.05, 0.1) is 6.04 Å². The highest BCUT2D eigenvalue weighted by atomic mass is 35.5. The number of nitrogens with zero attached hydrogens (tertiary/aromatic N) is 2. The predicted octanol–water partition coefficient (Wildman–Crippen LogP) is 1.62. The fourth-order valence-corrected chi connectivity index (χ4v) is 1.73. The maximum absolute atomic E-state index is 13.2. The zero-order valence-corrected chi connectivity index (χ0v) is 13.3. The van der Waals surface area contributed by atoms with Crippen molar-refractivity contribution in [2.45, 2.75) is 19.5 Å². The van der Waals surface area contributed by atoms with E-state index in [0.717, 1.165) is 12.1 Å². The van der Waals surface area contributed by atoms with Gasteiger partial charge in [-0.05, 0) is 38.7 Å². The van der Waals surface area contributed by atoms with Crippen LogP contribution in [0.1, 0.15) is 12.5 Å². The maximum Gasteiger partial charge on any atom is 0.239 e. The molecule has 0 aliphatic rings. The first kappa shape index (κ1) is 19.8. The predicted molar refractivity (Wildman–Crippen MR) is 81.2 cm³/mol. The number of likely N-dealkylation sites (N-methyl/N-ethyl adjacent to an activating group) is 1. The van der Waals surface area contributed by atoms with E-state index in [0.29, 0.717) is 18.7 Å². The lowest BCUT2D eigenvalue weighted by molar-refractivity contribution is -0.133. The summed E-state index contributed by atoms with van der Waals surface area (Å²) in [5.41, 5.74) is 6.15. The summed E-state index contributed by atoms with van der Waals surface area (Å²) < 4.78 is 26.1. The van der Waals surface area contributed by atoms with Crippen LogP contribution in [0.5, 0.6) is 0 Å². The number of carbonyl (C=O) groups is 1. The highest BCUT2D eigenvalue weighted by Gasteiger charge is 2.18. The molecule has 1 aromatic rings. The van der Waals surface area contributed by atoms with E-state index in [2.05, 4.69) is 0 Å². The quantitative estimate of drug-likeness (QED) is 0.866. The zero-order chi connectivity index (χ0) is 15.3. The average Bonchev–Trinajstić information content (AvgIpc) is 2.37. The van der Waals surface area contributed by atoms with Crippen LogP contribution in [0.2, 0.25) is 0 Å². The molecule has 0 aliphatic carbocycles. The van der Waals surface area contributed by atoms with Crippen molar-refractivity contribution in [1.82, 2.24) is 9.80 Å². The Morgan fingerprint density at radius 3 is 2.33 bits per heavy atom. The van der Waals surface area contributed by atoms with E-state index in [1.165, 1.54) is 6.07 Å². The monoisotopic (exact) mass is 321 g/mol. The van der Waals surface area contributed by atoms with Crippen LogP contribution in [0.15, 0.2) is 18.2 Å². The molecule has 0 fully saturated rings. The molecule has 1 aromatic carbocycles. The lowest BCUT2D eigenvalue weighted by atomic mass is 10.2. The van der Waals surface area contributed by atoms with Crippen LogP contribution in [0.4, 0.5) is 8.78 Å². The van der Waals surface area contributed by atoms with E-state index in [9.17, 15) is 13.6 Å². The number of nitrogens with two attached hydrogens (primary N) is 1. The maximum atomic E-state index is 13.2. The van der Waals surface area contributed by atoms with Crippen LogP contribution in [0.3, 0.4) is 0 Å². The van der Waals surface area contributed by atoms with Gasteiger partial charge in [0.1, 0.15) is 0 Å². The molecule has 4 nitrogen and oxygen atoms in total. The molecule has 0 radical (unpaired) electrons. The van der Waals surface area contributed by atoms with Crippen LogP contribution >= 0.6 is 12.4 Å². The van der Waals surface area contributed by atoms with Crippen molar-refractivity contribution in [3.63, 3.8) is 0 Å². The summed E-state index contributed by atoms with van der Waals surface area (Å²) in [6, 6.07) is 3.01. The molecule has 1 atom stereocenters.